The summed E-state index contributed by atoms with van der Waals surface area (Å²) >= 11 is 0. The van der Waals surface area contributed by atoms with Crippen molar-refractivity contribution in [2.24, 2.45) is 9.98 Å². The zero-order valence-corrected chi connectivity index (χ0v) is 9.70. The van der Waals surface area contributed by atoms with Crippen LogP contribution in [0.25, 0.3) is 22.2 Å². The SMILES string of the molecule is O=C1N=c2ccc(-c3noc4ccccc34)cc2=N1. The molecule has 0 saturated heterocycles. The van der Waals surface area contributed by atoms with Gasteiger partial charge in [0.2, 0.25) is 0 Å². The Morgan fingerprint density at radius 3 is 2.74 bits per heavy atom. The Bertz CT molecular complexity index is 941. The number of amides is 2. The number of hydrogen-bond acceptors (Lipinski definition) is 3. The quantitative estimate of drug-likeness (QED) is 0.661. The van der Waals surface area contributed by atoms with Gasteiger partial charge in [0.05, 0.1) is 10.7 Å². The van der Waals surface area contributed by atoms with Crippen LogP contribution in [0.3, 0.4) is 0 Å². The molecule has 0 radical (unpaired) electrons. The molecule has 0 aliphatic carbocycles. The van der Waals surface area contributed by atoms with Crippen molar-refractivity contribution in [2.45, 2.75) is 0 Å². The zero-order chi connectivity index (χ0) is 12.8. The Balaban J connectivity index is 2.00. The Kier molecular flexibility index (Phi) is 1.91. The number of hydrogen-bond donors (Lipinski definition) is 0. The van der Waals surface area contributed by atoms with E-state index in [1.165, 1.54) is 0 Å². The fourth-order valence-electron chi connectivity index (χ4n) is 2.18. The average molecular weight is 249 g/mol. The lowest BCUT2D eigenvalue weighted by Gasteiger charge is -1.95. The summed E-state index contributed by atoms with van der Waals surface area (Å²) < 4.78 is 5.27. The Morgan fingerprint density at radius 2 is 1.79 bits per heavy atom. The van der Waals surface area contributed by atoms with Crippen molar-refractivity contribution < 1.29 is 9.32 Å². The molecule has 0 N–H and O–H groups in total. The first-order chi connectivity index (χ1) is 9.31. The van der Waals surface area contributed by atoms with E-state index in [1.807, 2.05) is 30.3 Å². The smallest absolute Gasteiger partial charge is 0.356 e. The highest BCUT2D eigenvalue weighted by Crippen LogP contribution is 2.26. The van der Waals surface area contributed by atoms with Crippen LogP contribution in [0.1, 0.15) is 0 Å². The topological polar surface area (TPSA) is 67.8 Å². The predicted molar refractivity (Wildman–Crippen MR) is 67.2 cm³/mol. The summed E-state index contributed by atoms with van der Waals surface area (Å²) in [6.07, 6.45) is 0. The number of fused-ring (bicyclic) bond motifs is 2. The molecule has 0 atom stereocenters. The molecular formula is C14H7N3O2. The van der Waals surface area contributed by atoms with Gasteiger partial charge in [0.15, 0.2) is 5.58 Å². The molecule has 2 aromatic carbocycles. The van der Waals surface area contributed by atoms with E-state index in [1.54, 1.807) is 12.1 Å². The summed E-state index contributed by atoms with van der Waals surface area (Å²) in [7, 11) is 0. The third-order valence-electron chi connectivity index (χ3n) is 3.06. The van der Waals surface area contributed by atoms with Gasteiger partial charge in [-0.15, -0.1) is 0 Å². The minimum Gasteiger partial charge on any atom is -0.356 e. The maximum atomic E-state index is 11.1. The maximum absolute atomic E-state index is 11.1. The maximum Gasteiger partial charge on any atom is 0.368 e. The standard InChI is InChI=1S/C14H7N3O2/c18-14-15-10-6-5-8(7-11(10)16-14)13-9-3-1-2-4-12(9)19-17-13/h1-7H. The largest absolute Gasteiger partial charge is 0.368 e. The van der Waals surface area contributed by atoms with Crippen LogP contribution in [0.4, 0.5) is 4.79 Å². The summed E-state index contributed by atoms with van der Waals surface area (Å²) in [4.78, 5) is 18.8. The van der Waals surface area contributed by atoms with Crippen molar-refractivity contribution in [3.63, 3.8) is 0 Å². The van der Waals surface area contributed by atoms with E-state index >= 15 is 0 Å². The van der Waals surface area contributed by atoms with Crippen LogP contribution in [-0.4, -0.2) is 11.2 Å². The second kappa shape index (κ2) is 3.58. The number of benzene rings is 2. The van der Waals surface area contributed by atoms with Gasteiger partial charge in [0, 0.05) is 10.9 Å². The Hall–Kier alpha value is -2.82. The molecule has 0 saturated carbocycles. The van der Waals surface area contributed by atoms with Gasteiger partial charge in [-0.3, -0.25) is 0 Å². The summed E-state index contributed by atoms with van der Waals surface area (Å²) in [5, 5.41) is 6.19. The van der Waals surface area contributed by atoms with Gasteiger partial charge < -0.3 is 4.52 Å². The molecular weight excluding hydrogens is 242 g/mol. The molecule has 2 heterocycles. The van der Waals surface area contributed by atoms with Crippen LogP contribution in [0.15, 0.2) is 57.0 Å². The van der Waals surface area contributed by atoms with Crippen LogP contribution in [0, 0.1) is 0 Å². The van der Waals surface area contributed by atoms with Crippen molar-refractivity contribution in [1.29, 1.82) is 0 Å². The average Bonchev–Trinajstić information content (AvgIpc) is 2.99. The van der Waals surface area contributed by atoms with Gasteiger partial charge in [-0.25, -0.2) is 4.79 Å². The van der Waals surface area contributed by atoms with Crippen molar-refractivity contribution >= 4 is 17.0 Å². The first kappa shape index (κ1) is 10.1. The van der Waals surface area contributed by atoms with Gasteiger partial charge in [0.1, 0.15) is 5.69 Å². The van der Waals surface area contributed by atoms with Gasteiger partial charge in [-0.05, 0) is 24.3 Å². The highest BCUT2D eigenvalue weighted by atomic mass is 16.5. The monoisotopic (exact) mass is 249 g/mol. The molecule has 5 nitrogen and oxygen atoms in total. The molecule has 5 heteroatoms. The number of para-hydroxylation sites is 1. The number of urea groups is 1. The van der Waals surface area contributed by atoms with Crippen molar-refractivity contribution in [2.75, 3.05) is 0 Å². The van der Waals surface area contributed by atoms with Gasteiger partial charge in [0.25, 0.3) is 0 Å². The number of carbonyl (C=O) groups excluding carboxylic acids is 1. The third kappa shape index (κ3) is 1.48. The second-order valence-electron chi connectivity index (χ2n) is 4.24. The van der Waals surface area contributed by atoms with E-state index in [-0.39, 0.29) is 0 Å². The lowest BCUT2D eigenvalue weighted by molar-refractivity contribution is 0.256. The van der Waals surface area contributed by atoms with Gasteiger partial charge in [-0.1, -0.05) is 23.4 Å². The summed E-state index contributed by atoms with van der Waals surface area (Å²) in [5.74, 6) is 0. The summed E-state index contributed by atoms with van der Waals surface area (Å²) in [6.45, 7) is 0. The molecule has 0 fully saturated rings. The van der Waals surface area contributed by atoms with E-state index in [0.29, 0.717) is 10.7 Å². The fourth-order valence-corrected chi connectivity index (χ4v) is 2.18. The van der Waals surface area contributed by atoms with E-state index in [4.69, 9.17) is 4.52 Å². The first-order valence-electron chi connectivity index (χ1n) is 5.77. The van der Waals surface area contributed by atoms with Crippen LogP contribution >= 0.6 is 0 Å². The minimum atomic E-state index is -0.461. The highest BCUT2D eigenvalue weighted by molar-refractivity contribution is 5.91. The Labute approximate surface area is 106 Å². The molecule has 4 rings (SSSR count). The Morgan fingerprint density at radius 1 is 0.947 bits per heavy atom. The van der Waals surface area contributed by atoms with Crippen molar-refractivity contribution in [3.8, 4) is 11.3 Å². The zero-order valence-electron chi connectivity index (χ0n) is 9.70. The van der Waals surface area contributed by atoms with Crippen LogP contribution in [-0.2, 0) is 0 Å². The van der Waals surface area contributed by atoms with Crippen molar-refractivity contribution in [1.82, 2.24) is 5.16 Å². The molecule has 2 amide bonds. The summed E-state index contributed by atoms with van der Waals surface area (Å²) in [5.41, 5.74) is 2.33. The lowest BCUT2D eigenvalue weighted by atomic mass is 10.1. The molecule has 0 spiro atoms. The summed E-state index contributed by atoms with van der Waals surface area (Å²) in [6, 6.07) is 12.6. The van der Waals surface area contributed by atoms with E-state index in [2.05, 4.69) is 15.1 Å². The van der Waals surface area contributed by atoms with E-state index in [9.17, 15) is 4.79 Å². The van der Waals surface area contributed by atoms with Gasteiger partial charge >= 0.3 is 6.03 Å². The van der Waals surface area contributed by atoms with Crippen LogP contribution in [0.5, 0.6) is 0 Å². The minimum absolute atomic E-state index is 0.461. The molecule has 0 bridgehead atoms. The van der Waals surface area contributed by atoms with E-state index in [0.717, 1.165) is 22.2 Å². The van der Waals surface area contributed by atoms with Crippen LogP contribution < -0.4 is 10.7 Å². The van der Waals surface area contributed by atoms with Gasteiger partial charge in [-0.2, -0.15) is 9.98 Å². The lowest BCUT2D eigenvalue weighted by Crippen LogP contribution is -2.20. The number of carbonyl (C=O) groups is 1. The number of aromatic nitrogens is 1. The second-order valence-corrected chi connectivity index (χ2v) is 4.24. The molecule has 19 heavy (non-hydrogen) atoms. The third-order valence-corrected chi connectivity index (χ3v) is 3.06. The molecule has 0 unspecified atom stereocenters. The van der Waals surface area contributed by atoms with Crippen LogP contribution in [0.2, 0.25) is 0 Å². The highest BCUT2D eigenvalue weighted by Gasteiger charge is 2.12. The molecule has 1 aliphatic heterocycles. The fraction of sp³-hybridized carbons (Fsp3) is 0. The number of nitrogens with zero attached hydrogens (tertiary/aromatic N) is 3. The first-order valence-corrected chi connectivity index (χ1v) is 5.77. The molecule has 1 aromatic heterocycles. The predicted octanol–water partition coefficient (Wildman–Crippen LogP) is 1.87. The number of rotatable bonds is 1. The molecule has 1 aliphatic rings. The van der Waals surface area contributed by atoms with Crippen molar-refractivity contribution in [3.05, 3.63) is 53.2 Å². The molecule has 90 valence electrons. The van der Waals surface area contributed by atoms with E-state index < -0.39 is 6.03 Å². The normalized spacial score (nSPS) is 13.2. The molecule has 3 aromatic rings.